The second-order valence-electron chi connectivity index (χ2n) is 8.38. The van der Waals surface area contributed by atoms with Crippen LogP contribution in [0, 0.1) is 13.8 Å². The first kappa shape index (κ1) is 21.4. The molecule has 0 radical (unpaired) electrons. The van der Waals surface area contributed by atoms with Crippen LogP contribution in [0.4, 0.5) is 10.7 Å². The van der Waals surface area contributed by atoms with Crippen LogP contribution in [0.25, 0.3) is 0 Å². The lowest BCUT2D eigenvalue weighted by atomic mass is 10.1. The summed E-state index contributed by atoms with van der Waals surface area (Å²) in [6, 6.07) is 6.18. The molecule has 0 saturated carbocycles. The highest BCUT2D eigenvalue weighted by Gasteiger charge is 2.54. The first-order valence-electron chi connectivity index (χ1n) is 10.9. The molecule has 1 atom stereocenters. The van der Waals surface area contributed by atoms with Crippen molar-refractivity contribution in [2.24, 2.45) is 4.99 Å². The fourth-order valence-electron chi connectivity index (χ4n) is 4.54. The molecule has 0 N–H and O–H groups in total. The molecule has 1 unspecified atom stereocenters. The Kier molecular flexibility index (Phi) is 5.28. The van der Waals surface area contributed by atoms with E-state index in [4.69, 9.17) is 16.6 Å². The van der Waals surface area contributed by atoms with Crippen molar-refractivity contribution in [1.29, 1.82) is 0 Å². The number of aromatic nitrogens is 4. The minimum atomic E-state index is -0.668. The number of likely N-dealkylation sites (N-methyl/N-ethyl adjacent to an activating group) is 1. The van der Waals surface area contributed by atoms with Gasteiger partial charge < -0.3 is 4.57 Å². The minimum absolute atomic E-state index is 0.116. The lowest BCUT2D eigenvalue weighted by molar-refractivity contribution is -0.689. The highest BCUT2D eigenvalue weighted by Crippen LogP contribution is 2.36. The number of urea groups is 1. The highest BCUT2D eigenvalue weighted by atomic mass is 35.5. The van der Waals surface area contributed by atoms with Crippen LogP contribution in [0.2, 0.25) is 5.02 Å². The summed E-state index contributed by atoms with van der Waals surface area (Å²) in [5.41, 5.74) is 2.75. The van der Waals surface area contributed by atoms with E-state index in [1.807, 2.05) is 47.4 Å². The Labute approximate surface area is 196 Å². The van der Waals surface area contributed by atoms with Crippen molar-refractivity contribution in [3.63, 3.8) is 0 Å². The summed E-state index contributed by atoms with van der Waals surface area (Å²) in [5, 5.41) is 0.524. The van der Waals surface area contributed by atoms with Crippen molar-refractivity contribution in [2.75, 3.05) is 7.05 Å². The van der Waals surface area contributed by atoms with Gasteiger partial charge in [0.25, 0.3) is 5.91 Å². The van der Waals surface area contributed by atoms with Gasteiger partial charge in [-0.15, -0.1) is 0 Å². The Morgan fingerprint density at radius 1 is 1.18 bits per heavy atom. The van der Waals surface area contributed by atoms with Gasteiger partial charge in [-0.1, -0.05) is 34.8 Å². The maximum atomic E-state index is 13.6. The van der Waals surface area contributed by atoms with Crippen molar-refractivity contribution >= 4 is 35.3 Å². The summed E-state index contributed by atoms with van der Waals surface area (Å²) < 4.78 is 6.11. The van der Waals surface area contributed by atoms with Crippen LogP contribution in [-0.4, -0.2) is 48.7 Å². The van der Waals surface area contributed by atoms with Crippen LogP contribution in [0.15, 0.2) is 48.0 Å². The van der Waals surface area contributed by atoms with Gasteiger partial charge in [-0.3, -0.25) is 14.6 Å². The molecule has 1 aromatic carbocycles. The molecule has 4 heterocycles. The number of halogens is 1. The molecular formula is C23H25ClN7O2+. The number of hydrogen-bond acceptors (Lipinski definition) is 4. The van der Waals surface area contributed by atoms with E-state index in [1.54, 1.807) is 25.6 Å². The summed E-state index contributed by atoms with van der Waals surface area (Å²) >= 11 is 6.30. The fraction of sp³-hybridized carbons (Fsp3) is 0.348. The number of aryl methyl sites for hydroxylation is 1. The summed E-state index contributed by atoms with van der Waals surface area (Å²) in [4.78, 5) is 38.3. The molecule has 9 nitrogen and oxygen atoms in total. The van der Waals surface area contributed by atoms with Crippen LogP contribution in [0.3, 0.4) is 0 Å². The van der Waals surface area contributed by atoms with Gasteiger partial charge in [-0.25, -0.2) is 18.9 Å². The zero-order valence-electron chi connectivity index (χ0n) is 18.8. The number of carbonyl (C=O) groups is 2. The number of benzene rings is 1. The molecule has 33 heavy (non-hydrogen) atoms. The Hall–Kier alpha value is -3.46. The van der Waals surface area contributed by atoms with Crippen LogP contribution < -0.4 is 4.57 Å². The Morgan fingerprint density at radius 3 is 2.70 bits per heavy atom. The molecule has 3 aromatic rings. The summed E-state index contributed by atoms with van der Waals surface area (Å²) in [6.07, 6.45) is 6.39. The first-order valence-corrected chi connectivity index (χ1v) is 11.2. The molecule has 0 bridgehead atoms. The molecule has 2 aliphatic rings. The standard InChI is InChI=1S/C23H25ClN7O2/c1-15-16(2)31-19-20(26-22(31)29(15)11-6-10-28-12-9-25-14-28)27(3)23(33)30(21(19)32)13-17-7-4-5-8-18(17)24/h4-5,7-9,12,14,19H,6,10-11,13H2,1-3H3/q+1. The topological polar surface area (TPSA) is 79.6 Å². The van der Waals surface area contributed by atoms with E-state index in [1.165, 1.54) is 9.80 Å². The second kappa shape index (κ2) is 8.15. The van der Waals surface area contributed by atoms with Gasteiger partial charge in [0.1, 0.15) is 11.4 Å². The third kappa shape index (κ3) is 3.43. The van der Waals surface area contributed by atoms with Crippen molar-refractivity contribution in [2.45, 2.75) is 45.9 Å². The second-order valence-corrected chi connectivity index (χ2v) is 8.78. The van der Waals surface area contributed by atoms with Crippen LogP contribution in [-0.2, 0) is 24.4 Å². The third-order valence-corrected chi connectivity index (χ3v) is 6.84. The molecule has 5 rings (SSSR count). The van der Waals surface area contributed by atoms with Crippen molar-refractivity contribution in [3.8, 4) is 0 Å². The number of imidazole rings is 2. The number of aliphatic imine (C=N–C) groups is 1. The van der Waals surface area contributed by atoms with E-state index < -0.39 is 12.1 Å². The number of nitrogens with zero attached hydrogens (tertiary/aromatic N) is 7. The normalized spacial score (nSPS) is 17.5. The van der Waals surface area contributed by atoms with Crippen LogP contribution in [0.5, 0.6) is 0 Å². The SMILES string of the molecule is Cc1c(C)[n+](CCCn2ccnc2)c2n1C1C(=O)N(Cc3ccccc3Cl)C(=O)N(C)C1=N2. The van der Waals surface area contributed by atoms with Gasteiger partial charge in [-0.2, -0.15) is 0 Å². The summed E-state index contributed by atoms with van der Waals surface area (Å²) in [7, 11) is 1.66. The van der Waals surface area contributed by atoms with Gasteiger partial charge in [0.05, 0.1) is 19.4 Å². The van der Waals surface area contributed by atoms with Gasteiger partial charge in [-0.05, 0) is 31.9 Å². The predicted molar refractivity (Wildman–Crippen MR) is 122 cm³/mol. The maximum absolute atomic E-state index is 13.6. The van der Waals surface area contributed by atoms with E-state index in [2.05, 4.69) is 9.55 Å². The third-order valence-electron chi connectivity index (χ3n) is 6.47. The van der Waals surface area contributed by atoms with E-state index in [0.29, 0.717) is 16.8 Å². The summed E-state index contributed by atoms with van der Waals surface area (Å²) in [5.74, 6) is 0.865. The number of hydrogen-bond donors (Lipinski definition) is 0. The van der Waals surface area contributed by atoms with Crippen molar-refractivity contribution in [3.05, 3.63) is 65.0 Å². The van der Waals surface area contributed by atoms with Gasteiger partial charge in [0.15, 0.2) is 0 Å². The van der Waals surface area contributed by atoms with E-state index in [-0.39, 0.29) is 12.5 Å². The Balaban J connectivity index is 1.46. The summed E-state index contributed by atoms with van der Waals surface area (Å²) in [6.45, 7) is 5.72. The Bertz CT molecular complexity index is 1280. The zero-order chi connectivity index (χ0) is 23.3. The van der Waals surface area contributed by atoms with E-state index in [9.17, 15) is 9.59 Å². The minimum Gasteiger partial charge on any atom is -0.337 e. The van der Waals surface area contributed by atoms with Gasteiger partial charge >= 0.3 is 12.0 Å². The molecule has 3 amide bonds. The smallest absolute Gasteiger partial charge is 0.337 e. The monoisotopic (exact) mass is 466 g/mol. The lowest BCUT2D eigenvalue weighted by Crippen LogP contribution is -2.57. The molecular weight excluding hydrogens is 442 g/mol. The average molecular weight is 467 g/mol. The lowest BCUT2D eigenvalue weighted by Gasteiger charge is -2.33. The maximum Gasteiger partial charge on any atom is 0.402 e. The average Bonchev–Trinajstić information content (AvgIpc) is 3.51. The van der Waals surface area contributed by atoms with Gasteiger partial charge in [0, 0.05) is 31.0 Å². The number of carbonyl (C=O) groups excluding carboxylic acids is 2. The first-order chi connectivity index (χ1) is 15.9. The van der Waals surface area contributed by atoms with Crippen LogP contribution >= 0.6 is 11.6 Å². The predicted octanol–water partition coefficient (Wildman–Crippen LogP) is 3.01. The van der Waals surface area contributed by atoms with Crippen molar-refractivity contribution in [1.82, 2.24) is 23.9 Å². The molecule has 2 aliphatic heterocycles. The highest BCUT2D eigenvalue weighted by molar-refractivity contribution is 6.31. The molecule has 10 heteroatoms. The number of amides is 3. The number of amidine groups is 1. The van der Waals surface area contributed by atoms with Crippen LogP contribution in [0.1, 0.15) is 29.4 Å². The number of imide groups is 1. The van der Waals surface area contributed by atoms with E-state index >= 15 is 0 Å². The number of fused-ring (bicyclic) bond motifs is 3. The fourth-order valence-corrected chi connectivity index (χ4v) is 4.74. The zero-order valence-corrected chi connectivity index (χ0v) is 19.5. The van der Waals surface area contributed by atoms with Crippen molar-refractivity contribution < 1.29 is 14.2 Å². The quantitative estimate of drug-likeness (QED) is 0.524. The molecule has 1 fully saturated rings. The molecule has 2 aromatic heterocycles. The Morgan fingerprint density at radius 2 is 1.97 bits per heavy atom. The van der Waals surface area contributed by atoms with Gasteiger partial charge in [0.2, 0.25) is 11.9 Å². The largest absolute Gasteiger partial charge is 0.402 e. The molecule has 0 aliphatic carbocycles. The number of rotatable bonds is 6. The van der Waals surface area contributed by atoms with E-state index in [0.717, 1.165) is 36.5 Å². The molecule has 1 saturated heterocycles. The molecule has 0 spiro atoms. The molecule has 170 valence electrons.